The van der Waals surface area contributed by atoms with Gasteiger partial charge < -0.3 is 4.57 Å². The molecule has 27 heavy (non-hydrogen) atoms. The summed E-state index contributed by atoms with van der Waals surface area (Å²) in [4.78, 5) is 29.0. The number of carbonyl (C=O) groups excluding carboxylic acids is 2. The summed E-state index contributed by atoms with van der Waals surface area (Å²) in [5, 5.41) is 0. The highest BCUT2D eigenvalue weighted by Crippen LogP contribution is 2.23. The summed E-state index contributed by atoms with van der Waals surface area (Å²) >= 11 is 1.50. The highest BCUT2D eigenvalue weighted by Gasteiger charge is 2.11. The van der Waals surface area contributed by atoms with Crippen molar-refractivity contribution in [3.05, 3.63) is 76.6 Å². The van der Waals surface area contributed by atoms with Crippen LogP contribution >= 0.6 is 11.3 Å². The highest BCUT2D eigenvalue weighted by molar-refractivity contribution is 7.16. The van der Waals surface area contributed by atoms with Crippen molar-refractivity contribution in [1.29, 1.82) is 0 Å². The first-order valence-corrected chi connectivity index (χ1v) is 9.66. The van der Waals surface area contributed by atoms with Gasteiger partial charge in [-0.3, -0.25) is 9.59 Å². The number of nitrogens with zero attached hydrogens (tertiary/aromatic N) is 2. The average molecular weight is 378 g/mol. The number of carbonyl (C=O) groups is 2. The molecule has 2 aromatic carbocycles. The topological polar surface area (TPSA) is 51.4 Å². The van der Waals surface area contributed by atoms with E-state index in [1.807, 2.05) is 4.57 Å². The van der Waals surface area contributed by atoms with Gasteiger partial charge in [-0.15, -0.1) is 6.58 Å². The molecule has 0 atom stereocenters. The molecule has 0 fully saturated rings. The van der Waals surface area contributed by atoms with Gasteiger partial charge in [-0.2, -0.15) is 4.99 Å². The van der Waals surface area contributed by atoms with E-state index < -0.39 is 0 Å². The van der Waals surface area contributed by atoms with Gasteiger partial charge in [0.2, 0.25) is 0 Å². The number of allylic oxidation sites excluding steroid dienone is 1. The van der Waals surface area contributed by atoms with Crippen LogP contribution in [0.15, 0.2) is 60.1 Å². The molecule has 0 unspecified atom stereocenters. The zero-order chi connectivity index (χ0) is 19.6. The monoisotopic (exact) mass is 378 g/mol. The Kier molecular flexibility index (Phi) is 5.51. The lowest BCUT2D eigenvalue weighted by Gasteiger charge is -2.05. The van der Waals surface area contributed by atoms with E-state index in [2.05, 4.69) is 43.6 Å². The summed E-state index contributed by atoms with van der Waals surface area (Å²) in [6.07, 6.45) is 1.80. The Morgan fingerprint density at radius 2 is 1.81 bits per heavy atom. The Balaban J connectivity index is 2.07. The molecule has 0 N–H and O–H groups in total. The molecule has 0 bridgehead atoms. The summed E-state index contributed by atoms with van der Waals surface area (Å²) in [5.74, 6) is 0.0879. The fourth-order valence-electron chi connectivity index (χ4n) is 2.84. The molecule has 1 amide bonds. The van der Waals surface area contributed by atoms with Crippen molar-refractivity contribution < 1.29 is 9.59 Å². The van der Waals surface area contributed by atoms with E-state index in [-0.39, 0.29) is 11.7 Å². The van der Waals surface area contributed by atoms with Crippen molar-refractivity contribution in [2.45, 2.75) is 33.2 Å². The Bertz CT molecular complexity index is 1090. The third-order valence-electron chi connectivity index (χ3n) is 4.42. The van der Waals surface area contributed by atoms with Gasteiger partial charge in [-0.1, -0.05) is 49.5 Å². The van der Waals surface area contributed by atoms with Crippen molar-refractivity contribution in [1.82, 2.24) is 4.57 Å². The van der Waals surface area contributed by atoms with Crippen LogP contribution in [0.3, 0.4) is 0 Å². The molecule has 1 heterocycles. The molecule has 0 radical (unpaired) electrons. The van der Waals surface area contributed by atoms with Gasteiger partial charge in [0.1, 0.15) is 0 Å². The summed E-state index contributed by atoms with van der Waals surface area (Å²) in [6, 6.07) is 13.0. The van der Waals surface area contributed by atoms with Crippen molar-refractivity contribution in [2.75, 3.05) is 0 Å². The average Bonchev–Trinajstić information content (AvgIpc) is 2.98. The van der Waals surface area contributed by atoms with Gasteiger partial charge in [0, 0.05) is 17.7 Å². The van der Waals surface area contributed by atoms with E-state index in [1.165, 1.54) is 23.8 Å². The number of aromatic nitrogens is 1. The smallest absolute Gasteiger partial charge is 0.279 e. The quantitative estimate of drug-likeness (QED) is 0.466. The summed E-state index contributed by atoms with van der Waals surface area (Å²) in [7, 11) is 0. The minimum absolute atomic E-state index is 0.0276. The lowest BCUT2D eigenvalue weighted by molar-refractivity contribution is 0.0991. The lowest BCUT2D eigenvalue weighted by atomic mass is 10.0. The van der Waals surface area contributed by atoms with Crippen LogP contribution in [-0.4, -0.2) is 16.3 Å². The SMILES string of the molecule is C=CCn1c(=NC(=O)c2ccc(C(C)=O)cc2)sc2cc(C(C)C)ccc21. The highest BCUT2D eigenvalue weighted by atomic mass is 32.1. The van der Waals surface area contributed by atoms with Crippen molar-refractivity contribution >= 4 is 33.2 Å². The van der Waals surface area contributed by atoms with E-state index in [4.69, 9.17) is 0 Å². The van der Waals surface area contributed by atoms with Crippen LogP contribution in [0, 0.1) is 0 Å². The van der Waals surface area contributed by atoms with Gasteiger partial charge in [0.15, 0.2) is 10.6 Å². The molecule has 3 rings (SSSR count). The first-order valence-electron chi connectivity index (χ1n) is 8.85. The fraction of sp³-hybridized carbons (Fsp3) is 0.227. The molecule has 0 saturated carbocycles. The Morgan fingerprint density at radius 3 is 2.41 bits per heavy atom. The van der Waals surface area contributed by atoms with Crippen LogP contribution < -0.4 is 4.80 Å². The van der Waals surface area contributed by atoms with Gasteiger partial charge in [0.25, 0.3) is 5.91 Å². The molecule has 4 nitrogen and oxygen atoms in total. The van der Waals surface area contributed by atoms with Crippen LogP contribution in [0.4, 0.5) is 0 Å². The van der Waals surface area contributed by atoms with Crippen LogP contribution in [0.25, 0.3) is 10.2 Å². The zero-order valence-electron chi connectivity index (χ0n) is 15.7. The van der Waals surface area contributed by atoms with Gasteiger partial charge in [-0.05, 0) is 42.7 Å². The number of fused-ring (bicyclic) bond motifs is 1. The molecule has 3 aromatic rings. The molecule has 5 heteroatoms. The number of amides is 1. The predicted molar refractivity (Wildman–Crippen MR) is 110 cm³/mol. The molecular weight excluding hydrogens is 356 g/mol. The summed E-state index contributed by atoms with van der Waals surface area (Å²) in [6.45, 7) is 10.2. The minimum Gasteiger partial charge on any atom is -0.312 e. The largest absolute Gasteiger partial charge is 0.312 e. The van der Waals surface area contributed by atoms with Gasteiger partial charge in [-0.25, -0.2) is 0 Å². The second-order valence-corrected chi connectivity index (χ2v) is 7.73. The third kappa shape index (κ3) is 3.98. The molecule has 0 spiro atoms. The lowest BCUT2D eigenvalue weighted by Crippen LogP contribution is -2.16. The molecule has 0 aliphatic rings. The van der Waals surface area contributed by atoms with Crippen molar-refractivity contribution in [3.63, 3.8) is 0 Å². The number of ketones is 1. The van der Waals surface area contributed by atoms with Crippen molar-refractivity contribution in [2.24, 2.45) is 4.99 Å². The first kappa shape index (κ1) is 19.0. The maximum atomic E-state index is 12.6. The normalized spacial score (nSPS) is 11.9. The zero-order valence-corrected chi connectivity index (χ0v) is 16.5. The Labute approximate surface area is 162 Å². The minimum atomic E-state index is -0.321. The number of Topliss-reactive ketones (excluding diaryl/α,β-unsaturated/α-hetero) is 1. The standard InChI is InChI=1S/C22H22N2O2S/c1-5-12-24-19-11-10-18(14(2)3)13-20(19)27-22(24)23-21(26)17-8-6-16(7-9-17)15(4)25/h5-11,13-14H,1,12H2,2-4H3. The van der Waals surface area contributed by atoms with E-state index in [9.17, 15) is 9.59 Å². The molecule has 0 aliphatic carbocycles. The second-order valence-electron chi connectivity index (χ2n) is 6.72. The number of hydrogen-bond acceptors (Lipinski definition) is 3. The van der Waals surface area contributed by atoms with Crippen LogP contribution in [0.5, 0.6) is 0 Å². The number of hydrogen-bond donors (Lipinski definition) is 0. The van der Waals surface area contributed by atoms with E-state index >= 15 is 0 Å². The molecule has 138 valence electrons. The van der Waals surface area contributed by atoms with Gasteiger partial charge >= 0.3 is 0 Å². The maximum Gasteiger partial charge on any atom is 0.279 e. The molecule has 0 saturated heterocycles. The van der Waals surface area contributed by atoms with E-state index in [0.717, 1.165) is 10.2 Å². The first-order chi connectivity index (χ1) is 12.9. The summed E-state index contributed by atoms with van der Waals surface area (Å²) < 4.78 is 3.10. The summed E-state index contributed by atoms with van der Waals surface area (Å²) in [5.41, 5.74) is 3.34. The predicted octanol–water partition coefficient (Wildman–Crippen LogP) is 4.96. The second kappa shape index (κ2) is 7.84. The molecule has 0 aliphatic heterocycles. The van der Waals surface area contributed by atoms with E-state index in [0.29, 0.717) is 28.4 Å². The van der Waals surface area contributed by atoms with Crippen molar-refractivity contribution in [3.8, 4) is 0 Å². The molecule has 1 aromatic heterocycles. The fourth-order valence-corrected chi connectivity index (χ4v) is 3.92. The number of thiazole rings is 1. The Hall–Kier alpha value is -2.79. The van der Waals surface area contributed by atoms with Gasteiger partial charge in [0.05, 0.1) is 10.2 Å². The molecular formula is C22H22N2O2S. The van der Waals surface area contributed by atoms with Crippen LogP contribution in [0.2, 0.25) is 0 Å². The third-order valence-corrected chi connectivity index (χ3v) is 5.46. The number of rotatable bonds is 5. The van der Waals surface area contributed by atoms with Crippen LogP contribution in [-0.2, 0) is 6.54 Å². The maximum absolute atomic E-state index is 12.6. The number of benzene rings is 2. The van der Waals surface area contributed by atoms with Crippen LogP contribution in [0.1, 0.15) is 53.0 Å². The Morgan fingerprint density at radius 1 is 1.15 bits per heavy atom. The van der Waals surface area contributed by atoms with E-state index in [1.54, 1.807) is 30.3 Å².